The maximum Gasteiger partial charge on any atom is 0.164 e. The van der Waals surface area contributed by atoms with E-state index in [-0.39, 0.29) is 6.10 Å². The smallest absolute Gasteiger partial charge is 0.164 e. The Balaban J connectivity index is 1.65. The topological polar surface area (TPSA) is 23.4 Å². The number of nitrogens with zero attached hydrogens (tertiary/aromatic N) is 1. The third-order valence-corrected chi connectivity index (χ3v) is 6.85. The fourth-order valence-corrected chi connectivity index (χ4v) is 5.24. The van der Waals surface area contributed by atoms with E-state index in [2.05, 4.69) is 102 Å². The molecular weight excluding hydrogens is 430 g/mol. The van der Waals surface area contributed by atoms with E-state index in [1.165, 1.54) is 28.1 Å². The minimum atomic E-state index is -0.199. The van der Waals surface area contributed by atoms with Crippen LogP contribution in [0.1, 0.15) is 28.5 Å². The number of methoxy groups -OCH3 is 1. The van der Waals surface area contributed by atoms with Crippen molar-refractivity contribution in [1.82, 2.24) is 4.57 Å². The van der Waals surface area contributed by atoms with Crippen LogP contribution in [0.2, 0.25) is 0 Å². The molecule has 1 atom stereocenters. The van der Waals surface area contributed by atoms with Gasteiger partial charge in [-0.25, -0.2) is 0 Å². The minimum Gasteiger partial charge on any atom is -0.497 e. The summed E-state index contributed by atoms with van der Waals surface area (Å²) in [6, 6.07) is 38.0. The lowest BCUT2D eigenvalue weighted by atomic mass is 9.92. The summed E-state index contributed by atoms with van der Waals surface area (Å²) < 4.78 is 14.6. The molecule has 0 radical (unpaired) electrons. The van der Waals surface area contributed by atoms with Gasteiger partial charge in [-0.05, 0) is 59.5 Å². The van der Waals surface area contributed by atoms with Crippen LogP contribution in [0, 0.1) is 6.92 Å². The third-order valence-electron chi connectivity index (χ3n) is 6.85. The fraction of sp³-hybridized carbons (Fsp3) is 0.125. The third kappa shape index (κ3) is 3.70. The number of para-hydroxylation sites is 1. The van der Waals surface area contributed by atoms with Crippen molar-refractivity contribution in [3.05, 3.63) is 132 Å². The summed E-state index contributed by atoms with van der Waals surface area (Å²) in [5, 5.41) is 0. The molecule has 0 unspecified atom stereocenters. The van der Waals surface area contributed by atoms with Crippen molar-refractivity contribution in [2.75, 3.05) is 7.11 Å². The van der Waals surface area contributed by atoms with Gasteiger partial charge in [-0.3, -0.25) is 0 Å². The number of aromatic nitrogens is 1. The van der Waals surface area contributed by atoms with Crippen molar-refractivity contribution in [2.24, 2.45) is 0 Å². The van der Waals surface area contributed by atoms with E-state index in [9.17, 15) is 0 Å². The fourth-order valence-electron chi connectivity index (χ4n) is 5.24. The molecule has 35 heavy (non-hydrogen) atoms. The van der Waals surface area contributed by atoms with Gasteiger partial charge in [0.25, 0.3) is 0 Å². The van der Waals surface area contributed by atoms with Gasteiger partial charge in [0.2, 0.25) is 0 Å². The van der Waals surface area contributed by atoms with E-state index >= 15 is 0 Å². The maximum atomic E-state index is 6.72. The zero-order valence-electron chi connectivity index (χ0n) is 19.9. The number of hydrogen-bond acceptors (Lipinski definition) is 2. The Bertz CT molecular complexity index is 1470. The summed E-state index contributed by atoms with van der Waals surface area (Å²) in [7, 11) is 1.70. The minimum absolute atomic E-state index is 0.199. The molecule has 3 nitrogen and oxygen atoms in total. The van der Waals surface area contributed by atoms with Crippen LogP contribution in [0.5, 0.6) is 11.5 Å². The highest BCUT2D eigenvalue weighted by atomic mass is 16.5. The molecule has 2 heterocycles. The monoisotopic (exact) mass is 457 g/mol. The molecule has 0 amide bonds. The molecule has 1 aliphatic rings. The predicted octanol–water partition coefficient (Wildman–Crippen LogP) is 7.67. The number of rotatable bonds is 5. The number of ether oxygens (including phenoxy) is 2. The van der Waals surface area contributed by atoms with Gasteiger partial charge in [0.05, 0.1) is 18.5 Å². The van der Waals surface area contributed by atoms with Crippen LogP contribution in [0.4, 0.5) is 0 Å². The van der Waals surface area contributed by atoms with Gasteiger partial charge in [-0.1, -0.05) is 78.9 Å². The molecule has 0 saturated heterocycles. The van der Waals surface area contributed by atoms with E-state index < -0.39 is 0 Å². The lowest BCUT2D eigenvalue weighted by molar-refractivity contribution is 0.234. The Morgan fingerprint density at radius 2 is 1.43 bits per heavy atom. The molecule has 0 saturated carbocycles. The van der Waals surface area contributed by atoms with E-state index in [4.69, 9.17) is 9.47 Å². The molecular formula is C32H27NO2. The second kappa shape index (κ2) is 8.84. The first-order chi connectivity index (χ1) is 17.2. The van der Waals surface area contributed by atoms with Gasteiger partial charge < -0.3 is 14.0 Å². The van der Waals surface area contributed by atoms with Gasteiger partial charge in [-0.2, -0.15) is 0 Å². The summed E-state index contributed by atoms with van der Waals surface area (Å²) in [5.74, 6) is 1.78. The van der Waals surface area contributed by atoms with Crippen LogP contribution >= 0.6 is 0 Å². The second-order valence-electron chi connectivity index (χ2n) is 8.94. The van der Waals surface area contributed by atoms with Crippen molar-refractivity contribution >= 4 is 0 Å². The van der Waals surface area contributed by atoms with Crippen molar-refractivity contribution in [1.29, 1.82) is 0 Å². The molecule has 3 heteroatoms. The van der Waals surface area contributed by atoms with Crippen LogP contribution in [0.3, 0.4) is 0 Å². The number of hydrogen-bond donors (Lipinski definition) is 0. The van der Waals surface area contributed by atoms with Crippen LogP contribution in [0.25, 0.3) is 22.4 Å². The Hall–Kier alpha value is -4.24. The van der Waals surface area contributed by atoms with Gasteiger partial charge >= 0.3 is 0 Å². The summed E-state index contributed by atoms with van der Waals surface area (Å²) in [5.41, 5.74) is 9.65. The SMILES string of the molecule is COc1ccc(-c2c(C)c3c(n2Cc2ccccc2)[C@H](c2ccccc2)Oc2ccccc2-3)cc1. The van der Waals surface area contributed by atoms with E-state index in [0.717, 1.165) is 34.7 Å². The molecule has 0 aliphatic carbocycles. The first-order valence-electron chi connectivity index (χ1n) is 12.0. The normalized spacial score (nSPS) is 14.1. The maximum absolute atomic E-state index is 6.72. The van der Waals surface area contributed by atoms with Crippen molar-refractivity contribution in [2.45, 2.75) is 19.6 Å². The summed E-state index contributed by atoms with van der Waals surface area (Å²) in [6.45, 7) is 3.00. The summed E-state index contributed by atoms with van der Waals surface area (Å²) in [6.07, 6.45) is -0.199. The quantitative estimate of drug-likeness (QED) is 0.270. The van der Waals surface area contributed by atoms with Gasteiger partial charge in [0, 0.05) is 17.7 Å². The van der Waals surface area contributed by atoms with Crippen LogP contribution in [0.15, 0.2) is 109 Å². The summed E-state index contributed by atoms with van der Waals surface area (Å²) in [4.78, 5) is 0. The van der Waals surface area contributed by atoms with Gasteiger partial charge in [0.15, 0.2) is 6.10 Å². The first-order valence-corrected chi connectivity index (χ1v) is 12.0. The van der Waals surface area contributed by atoms with Crippen molar-refractivity contribution in [3.8, 4) is 33.9 Å². The lowest BCUT2D eigenvalue weighted by Gasteiger charge is -2.29. The molecule has 0 N–H and O–H groups in total. The zero-order valence-corrected chi connectivity index (χ0v) is 19.9. The van der Waals surface area contributed by atoms with Crippen LogP contribution < -0.4 is 9.47 Å². The first kappa shape index (κ1) is 21.3. The Kier molecular flexibility index (Phi) is 5.38. The standard InChI is InChI=1S/C32H27NO2/c1-22-29-27-15-9-10-16-28(27)35-32(25-13-7-4-8-14-25)31(29)33(21-23-11-5-3-6-12-23)30(22)24-17-19-26(34-2)20-18-24/h3-20,32H,21H2,1-2H3/t32-/m0/s1. The Morgan fingerprint density at radius 3 is 2.14 bits per heavy atom. The molecule has 1 aromatic heterocycles. The van der Waals surface area contributed by atoms with Crippen LogP contribution in [-0.4, -0.2) is 11.7 Å². The highest BCUT2D eigenvalue weighted by Gasteiger charge is 2.35. The Labute approximate surface area is 206 Å². The van der Waals surface area contributed by atoms with Crippen molar-refractivity contribution < 1.29 is 9.47 Å². The molecule has 5 aromatic rings. The molecule has 4 aromatic carbocycles. The van der Waals surface area contributed by atoms with Gasteiger partial charge in [0.1, 0.15) is 11.5 Å². The van der Waals surface area contributed by atoms with E-state index in [1.807, 2.05) is 18.2 Å². The molecule has 172 valence electrons. The van der Waals surface area contributed by atoms with Gasteiger partial charge in [-0.15, -0.1) is 0 Å². The van der Waals surface area contributed by atoms with E-state index in [1.54, 1.807) is 7.11 Å². The molecule has 0 spiro atoms. The largest absolute Gasteiger partial charge is 0.497 e. The molecule has 0 bridgehead atoms. The molecule has 0 fully saturated rings. The predicted molar refractivity (Wildman–Crippen MR) is 141 cm³/mol. The summed E-state index contributed by atoms with van der Waals surface area (Å²) >= 11 is 0. The van der Waals surface area contributed by atoms with Crippen LogP contribution in [-0.2, 0) is 6.54 Å². The lowest BCUT2D eigenvalue weighted by Crippen LogP contribution is -2.20. The highest BCUT2D eigenvalue weighted by molar-refractivity contribution is 5.85. The average Bonchev–Trinajstić information content (AvgIpc) is 3.21. The second-order valence-corrected chi connectivity index (χ2v) is 8.94. The Morgan fingerprint density at radius 1 is 0.771 bits per heavy atom. The average molecular weight is 458 g/mol. The molecule has 6 rings (SSSR count). The number of fused-ring (bicyclic) bond motifs is 3. The van der Waals surface area contributed by atoms with Crippen molar-refractivity contribution in [3.63, 3.8) is 0 Å². The zero-order chi connectivity index (χ0) is 23.8. The molecule has 1 aliphatic heterocycles. The highest BCUT2D eigenvalue weighted by Crippen LogP contribution is 2.50. The van der Waals surface area contributed by atoms with E-state index in [0.29, 0.717) is 0 Å². The number of benzene rings is 4.